The van der Waals surface area contributed by atoms with Crippen LogP contribution in [0.1, 0.15) is 31.0 Å². The van der Waals surface area contributed by atoms with Gasteiger partial charge in [-0.1, -0.05) is 24.3 Å². The van der Waals surface area contributed by atoms with Crippen LogP contribution in [0.2, 0.25) is 0 Å². The number of methoxy groups -OCH3 is 1. The summed E-state index contributed by atoms with van der Waals surface area (Å²) in [5.74, 6) is -0.914. The Labute approximate surface area is 203 Å². The molecule has 1 aliphatic rings. The van der Waals surface area contributed by atoms with Crippen molar-refractivity contribution in [3.63, 3.8) is 0 Å². The molecule has 9 nitrogen and oxygen atoms in total. The van der Waals surface area contributed by atoms with E-state index in [-0.39, 0.29) is 43.7 Å². The van der Waals surface area contributed by atoms with Gasteiger partial charge in [0.05, 0.1) is 35.2 Å². The van der Waals surface area contributed by atoms with E-state index in [1.165, 1.54) is 16.9 Å². The van der Waals surface area contributed by atoms with E-state index in [1.807, 2.05) is 36.7 Å². The van der Waals surface area contributed by atoms with E-state index in [9.17, 15) is 19.5 Å². The first-order valence-corrected chi connectivity index (χ1v) is 12.1. The molecule has 1 fully saturated rings. The van der Waals surface area contributed by atoms with Crippen molar-refractivity contribution >= 4 is 29.1 Å². The van der Waals surface area contributed by atoms with E-state index < -0.39 is 18.2 Å². The Morgan fingerprint density at radius 2 is 2.03 bits per heavy atom. The summed E-state index contributed by atoms with van der Waals surface area (Å²) in [4.78, 5) is 46.4. The number of carbonyl (C=O) groups is 3. The molecule has 3 amide bonds. The summed E-state index contributed by atoms with van der Waals surface area (Å²) in [5, 5.41) is 13.0. The molecule has 3 atom stereocenters. The smallest absolute Gasteiger partial charge is 0.245 e. The standard InChI is InChI=1S/C24H32N4O5S/c1-15-22(34-14-26-15)18-7-5-17(6-8-18)12-25-23(31)20-11-19(29)13-28(20)24(32)16(2)27(3)21(30)9-10-33-4/h5-8,14,16,19-20,29H,9-13H2,1-4H3,(H,25,31)/t16?,19-,20+/m1/s1. The first kappa shape index (κ1) is 25.8. The molecule has 0 bridgehead atoms. The first-order chi connectivity index (χ1) is 16.2. The Morgan fingerprint density at radius 1 is 1.32 bits per heavy atom. The molecule has 34 heavy (non-hydrogen) atoms. The summed E-state index contributed by atoms with van der Waals surface area (Å²) in [7, 11) is 3.06. The van der Waals surface area contributed by atoms with Gasteiger partial charge in [-0.15, -0.1) is 11.3 Å². The molecule has 1 saturated heterocycles. The maximum absolute atomic E-state index is 13.1. The quantitative estimate of drug-likeness (QED) is 0.554. The van der Waals surface area contributed by atoms with E-state index >= 15 is 0 Å². The van der Waals surface area contributed by atoms with Crippen LogP contribution in [0.3, 0.4) is 0 Å². The van der Waals surface area contributed by atoms with Crippen molar-refractivity contribution in [1.29, 1.82) is 0 Å². The molecule has 0 spiro atoms. The number of benzene rings is 1. The Bertz CT molecular complexity index is 1010. The summed E-state index contributed by atoms with van der Waals surface area (Å²) < 4.78 is 4.93. The van der Waals surface area contributed by atoms with E-state index in [0.29, 0.717) is 6.54 Å². The van der Waals surface area contributed by atoms with Crippen molar-refractivity contribution in [2.24, 2.45) is 0 Å². The van der Waals surface area contributed by atoms with Gasteiger partial charge in [0, 0.05) is 33.7 Å². The molecule has 2 N–H and O–H groups in total. The van der Waals surface area contributed by atoms with Gasteiger partial charge in [-0.05, 0) is 25.0 Å². The molecule has 184 valence electrons. The summed E-state index contributed by atoms with van der Waals surface area (Å²) >= 11 is 1.58. The van der Waals surface area contributed by atoms with Crippen LogP contribution in [-0.2, 0) is 25.7 Å². The topological polar surface area (TPSA) is 112 Å². The summed E-state index contributed by atoms with van der Waals surface area (Å²) in [5.41, 5.74) is 4.79. The monoisotopic (exact) mass is 488 g/mol. The summed E-state index contributed by atoms with van der Waals surface area (Å²) in [6, 6.07) is 6.34. The van der Waals surface area contributed by atoms with Gasteiger partial charge >= 0.3 is 0 Å². The van der Waals surface area contributed by atoms with Crippen LogP contribution in [0.25, 0.3) is 10.4 Å². The zero-order chi connectivity index (χ0) is 24.8. The molecule has 0 aliphatic carbocycles. The van der Waals surface area contributed by atoms with Gasteiger partial charge in [0.2, 0.25) is 17.7 Å². The number of nitrogens with one attached hydrogen (secondary N) is 1. The molecular formula is C24H32N4O5S. The van der Waals surface area contributed by atoms with Crippen LogP contribution in [0, 0.1) is 6.92 Å². The van der Waals surface area contributed by atoms with Gasteiger partial charge < -0.3 is 25.0 Å². The number of aryl methyl sites for hydroxylation is 1. The molecule has 2 aromatic rings. The molecule has 1 aliphatic heterocycles. The predicted octanol–water partition coefficient (Wildman–Crippen LogP) is 1.58. The zero-order valence-electron chi connectivity index (χ0n) is 20.0. The van der Waals surface area contributed by atoms with E-state index in [4.69, 9.17) is 4.74 Å². The minimum atomic E-state index is -0.789. The third-order valence-electron chi connectivity index (χ3n) is 6.14. The van der Waals surface area contributed by atoms with Crippen molar-refractivity contribution in [3.05, 3.63) is 41.0 Å². The third kappa shape index (κ3) is 5.99. The number of hydrogen-bond acceptors (Lipinski definition) is 7. The van der Waals surface area contributed by atoms with Crippen LogP contribution >= 0.6 is 11.3 Å². The Morgan fingerprint density at radius 3 is 2.65 bits per heavy atom. The molecular weight excluding hydrogens is 456 g/mol. The number of aromatic nitrogens is 1. The Balaban J connectivity index is 1.60. The number of amides is 3. The Kier molecular flexibility index (Phi) is 8.76. The SMILES string of the molecule is COCCC(=O)N(C)C(C)C(=O)N1C[C@H](O)C[C@H]1C(=O)NCc1ccc(-c2scnc2C)cc1. The highest BCUT2D eigenvalue weighted by Gasteiger charge is 2.41. The average Bonchev–Trinajstić information content (AvgIpc) is 3.45. The second-order valence-electron chi connectivity index (χ2n) is 8.50. The minimum Gasteiger partial charge on any atom is -0.391 e. The normalized spacial score (nSPS) is 18.6. The Hall–Kier alpha value is -2.82. The van der Waals surface area contributed by atoms with Crippen LogP contribution in [0.4, 0.5) is 0 Å². The molecule has 1 aromatic heterocycles. The summed E-state index contributed by atoms with van der Waals surface area (Å²) in [6.45, 7) is 4.23. The van der Waals surface area contributed by atoms with Crippen LogP contribution < -0.4 is 5.32 Å². The second-order valence-corrected chi connectivity index (χ2v) is 9.36. The van der Waals surface area contributed by atoms with Crippen molar-refractivity contribution in [3.8, 4) is 10.4 Å². The maximum atomic E-state index is 13.1. The van der Waals surface area contributed by atoms with Crippen molar-refractivity contribution < 1.29 is 24.2 Å². The fraction of sp³-hybridized carbons (Fsp3) is 0.500. The molecule has 2 heterocycles. The number of thiazole rings is 1. The van der Waals surface area contributed by atoms with Gasteiger partial charge in [-0.2, -0.15) is 0 Å². The van der Waals surface area contributed by atoms with Crippen LogP contribution in [0.15, 0.2) is 29.8 Å². The lowest BCUT2D eigenvalue weighted by Crippen LogP contribution is -2.53. The molecule has 3 rings (SSSR count). The number of nitrogens with zero attached hydrogens (tertiary/aromatic N) is 3. The largest absolute Gasteiger partial charge is 0.391 e. The molecule has 0 radical (unpaired) electrons. The average molecular weight is 489 g/mol. The number of likely N-dealkylation sites (N-methyl/N-ethyl adjacent to an activating group) is 1. The fourth-order valence-electron chi connectivity index (χ4n) is 3.95. The fourth-order valence-corrected chi connectivity index (χ4v) is 4.76. The van der Waals surface area contributed by atoms with Gasteiger partial charge in [-0.25, -0.2) is 4.98 Å². The zero-order valence-corrected chi connectivity index (χ0v) is 20.8. The highest BCUT2D eigenvalue weighted by atomic mass is 32.1. The number of aliphatic hydroxyl groups is 1. The number of β-amino-alcohol motifs (C(OH)–C–C–N with tert-alkyl or cyclic N) is 1. The lowest BCUT2D eigenvalue weighted by molar-refractivity contribution is -0.147. The van der Waals surface area contributed by atoms with Gasteiger partial charge in [-0.3, -0.25) is 14.4 Å². The molecule has 1 unspecified atom stereocenters. The highest BCUT2D eigenvalue weighted by molar-refractivity contribution is 7.13. The van der Waals surface area contributed by atoms with Crippen LogP contribution in [-0.4, -0.2) is 83.1 Å². The number of likely N-dealkylation sites (tertiary alicyclic amines) is 1. The molecule has 10 heteroatoms. The van der Waals surface area contributed by atoms with Gasteiger partial charge in [0.1, 0.15) is 12.1 Å². The lowest BCUT2D eigenvalue weighted by atomic mass is 10.1. The second kappa shape index (κ2) is 11.5. The van der Waals surface area contributed by atoms with Crippen molar-refractivity contribution in [1.82, 2.24) is 20.1 Å². The molecule has 1 aromatic carbocycles. The molecule has 0 saturated carbocycles. The number of hydrogen-bond donors (Lipinski definition) is 2. The number of aliphatic hydroxyl groups excluding tert-OH is 1. The van der Waals surface area contributed by atoms with Gasteiger partial charge in [0.25, 0.3) is 0 Å². The summed E-state index contributed by atoms with van der Waals surface area (Å²) in [6.07, 6.45) is -0.461. The highest BCUT2D eigenvalue weighted by Crippen LogP contribution is 2.27. The maximum Gasteiger partial charge on any atom is 0.245 e. The minimum absolute atomic E-state index is 0.0598. The third-order valence-corrected chi connectivity index (χ3v) is 7.12. The van der Waals surface area contributed by atoms with Crippen molar-refractivity contribution in [2.75, 3.05) is 27.3 Å². The van der Waals surface area contributed by atoms with Gasteiger partial charge in [0.15, 0.2) is 0 Å². The predicted molar refractivity (Wildman–Crippen MR) is 129 cm³/mol. The van der Waals surface area contributed by atoms with E-state index in [1.54, 1.807) is 25.3 Å². The van der Waals surface area contributed by atoms with Crippen LogP contribution in [0.5, 0.6) is 0 Å². The number of carbonyl (C=O) groups excluding carboxylic acids is 3. The number of ether oxygens (including phenoxy) is 1. The van der Waals surface area contributed by atoms with E-state index in [0.717, 1.165) is 21.7 Å². The lowest BCUT2D eigenvalue weighted by Gasteiger charge is -2.31. The first-order valence-electron chi connectivity index (χ1n) is 11.2. The van der Waals surface area contributed by atoms with Crippen molar-refractivity contribution in [2.45, 2.75) is 51.4 Å². The number of rotatable bonds is 9. The van der Waals surface area contributed by atoms with E-state index in [2.05, 4.69) is 10.3 Å².